The van der Waals surface area contributed by atoms with Gasteiger partial charge in [-0.3, -0.25) is 4.79 Å². The Balaban J connectivity index is 1.88. The van der Waals surface area contributed by atoms with Crippen LogP contribution in [0.2, 0.25) is 0 Å². The van der Waals surface area contributed by atoms with Crippen molar-refractivity contribution >= 4 is 38.4 Å². The Kier molecular flexibility index (Phi) is 4.68. The van der Waals surface area contributed by atoms with Crippen LogP contribution in [0, 0.1) is 6.92 Å². The average Bonchev–Trinajstić information content (AvgIpc) is 3.30. The predicted molar refractivity (Wildman–Crippen MR) is 109 cm³/mol. The van der Waals surface area contributed by atoms with Gasteiger partial charge in [0, 0.05) is 11.9 Å². The van der Waals surface area contributed by atoms with Gasteiger partial charge in [0.25, 0.3) is 0 Å². The van der Waals surface area contributed by atoms with Crippen LogP contribution in [0.5, 0.6) is 11.5 Å². The summed E-state index contributed by atoms with van der Waals surface area (Å²) in [5.41, 5.74) is 2.61. The molecule has 28 heavy (non-hydrogen) atoms. The fourth-order valence-corrected chi connectivity index (χ4v) is 4.44. The molecule has 1 amide bonds. The number of ether oxygens (including phenoxy) is 2. The lowest BCUT2D eigenvalue weighted by atomic mass is 10.2. The molecule has 0 aliphatic heterocycles. The van der Waals surface area contributed by atoms with E-state index < -0.39 is 5.91 Å². The summed E-state index contributed by atoms with van der Waals surface area (Å²) in [7, 11) is 3.21. The van der Waals surface area contributed by atoms with Crippen molar-refractivity contribution in [2.45, 2.75) is 20.4 Å². The van der Waals surface area contributed by atoms with Crippen LogP contribution < -0.4 is 14.3 Å². The average molecular weight is 396 g/mol. The normalized spacial score (nSPS) is 12.1. The Morgan fingerprint density at radius 3 is 2.68 bits per heavy atom. The molecule has 2 heterocycles. The highest BCUT2D eigenvalue weighted by Crippen LogP contribution is 2.31. The largest absolute Gasteiger partial charge is 0.495 e. The summed E-state index contributed by atoms with van der Waals surface area (Å²) in [4.78, 5) is 17.8. The number of rotatable bonds is 4. The first-order valence-corrected chi connectivity index (χ1v) is 9.71. The fourth-order valence-electron chi connectivity index (χ4n) is 3.27. The van der Waals surface area contributed by atoms with E-state index in [-0.39, 0.29) is 5.76 Å². The number of thiazole rings is 1. The molecule has 6 nitrogen and oxygen atoms in total. The highest BCUT2D eigenvalue weighted by Gasteiger charge is 2.17. The number of amides is 1. The van der Waals surface area contributed by atoms with Gasteiger partial charge in [0.15, 0.2) is 21.9 Å². The number of fused-ring (bicyclic) bond motifs is 2. The van der Waals surface area contributed by atoms with E-state index in [1.165, 1.54) is 11.3 Å². The van der Waals surface area contributed by atoms with Gasteiger partial charge in [0.2, 0.25) is 0 Å². The molecule has 144 valence electrons. The fraction of sp³-hybridized carbons (Fsp3) is 0.238. The lowest BCUT2D eigenvalue weighted by molar-refractivity contribution is 0.0973. The molecular formula is C21H20N2O4S. The van der Waals surface area contributed by atoms with Crippen molar-refractivity contribution in [3.63, 3.8) is 0 Å². The van der Waals surface area contributed by atoms with Crippen LogP contribution in [0.1, 0.15) is 23.0 Å². The number of nitrogens with zero attached hydrogens (tertiary/aromatic N) is 2. The van der Waals surface area contributed by atoms with Crippen LogP contribution in [0.25, 0.3) is 21.2 Å². The number of carbonyl (C=O) groups is 1. The minimum Gasteiger partial charge on any atom is -0.495 e. The number of hydrogen-bond donors (Lipinski definition) is 0. The summed E-state index contributed by atoms with van der Waals surface area (Å²) >= 11 is 1.47. The molecule has 0 N–H and O–H groups in total. The number of para-hydroxylation sites is 1. The van der Waals surface area contributed by atoms with E-state index in [4.69, 9.17) is 13.9 Å². The summed E-state index contributed by atoms with van der Waals surface area (Å²) in [5.74, 6) is 1.11. The molecule has 0 radical (unpaired) electrons. The van der Waals surface area contributed by atoms with E-state index in [0.29, 0.717) is 22.7 Å². The van der Waals surface area contributed by atoms with Crippen LogP contribution in [0.3, 0.4) is 0 Å². The van der Waals surface area contributed by atoms with Crippen molar-refractivity contribution in [1.29, 1.82) is 0 Å². The third kappa shape index (κ3) is 2.88. The minimum absolute atomic E-state index is 0.184. The third-order valence-electron chi connectivity index (χ3n) is 4.66. The molecule has 2 aromatic carbocycles. The Labute approximate surface area is 165 Å². The number of methoxy groups -OCH3 is 2. The predicted octanol–water partition coefficient (Wildman–Crippen LogP) is 4.54. The standard InChI is InChI=1S/C21H20N2O4S/c1-5-23-17-14(25-3)10-9-12(2)19(17)28-21(23)22-20(24)16-11-13-7-6-8-15(26-4)18(13)27-16/h6-11H,5H2,1-4H3. The maximum absolute atomic E-state index is 12.8. The summed E-state index contributed by atoms with van der Waals surface area (Å²) in [6, 6.07) is 11.2. The van der Waals surface area contributed by atoms with E-state index in [0.717, 1.165) is 26.9 Å². The maximum Gasteiger partial charge on any atom is 0.315 e. The van der Waals surface area contributed by atoms with Crippen LogP contribution in [-0.2, 0) is 6.54 Å². The van der Waals surface area contributed by atoms with Crippen LogP contribution >= 0.6 is 11.3 Å². The highest BCUT2D eigenvalue weighted by molar-refractivity contribution is 7.16. The van der Waals surface area contributed by atoms with Gasteiger partial charge in [0.05, 0.1) is 18.9 Å². The molecule has 0 unspecified atom stereocenters. The Morgan fingerprint density at radius 2 is 1.96 bits per heavy atom. The van der Waals surface area contributed by atoms with Crippen LogP contribution in [0.4, 0.5) is 0 Å². The first-order chi connectivity index (χ1) is 13.6. The molecular weight excluding hydrogens is 376 g/mol. The maximum atomic E-state index is 12.8. The van der Waals surface area contributed by atoms with Gasteiger partial charge in [-0.1, -0.05) is 29.5 Å². The zero-order valence-electron chi connectivity index (χ0n) is 16.1. The van der Waals surface area contributed by atoms with E-state index in [2.05, 4.69) is 4.99 Å². The number of furan rings is 1. The lowest BCUT2D eigenvalue weighted by Gasteiger charge is -2.07. The zero-order chi connectivity index (χ0) is 19.8. The van der Waals surface area contributed by atoms with E-state index in [9.17, 15) is 4.79 Å². The molecule has 4 rings (SSSR count). The number of benzene rings is 2. The monoisotopic (exact) mass is 396 g/mol. The second-order valence-corrected chi connectivity index (χ2v) is 7.28. The van der Waals surface area contributed by atoms with Gasteiger partial charge < -0.3 is 18.5 Å². The van der Waals surface area contributed by atoms with Crippen molar-refractivity contribution < 1.29 is 18.7 Å². The Hall–Kier alpha value is -3.06. The van der Waals surface area contributed by atoms with Crippen LogP contribution in [0.15, 0.2) is 45.8 Å². The van der Waals surface area contributed by atoms with Crippen molar-refractivity contribution in [2.24, 2.45) is 4.99 Å². The molecule has 0 spiro atoms. The van der Waals surface area contributed by atoms with Gasteiger partial charge in [-0.2, -0.15) is 4.99 Å². The summed E-state index contributed by atoms with van der Waals surface area (Å²) in [5, 5.41) is 0.801. The van der Waals surface area contributed by atoms with Gasteiger partial charge in [-0.05, 0) is 37.6 Å². The number of aryl methyl sites for hydroxylation is 2. The van der Waals surface area contributed by atoms with Gasteiger partial charge in [0.1, 0.15) is 11.3 Å². The van der Waals surface area contributed by atoms with E-state index >= 15 is 0 Å². The number of aromatic nitrogens is 1. The van der Waals surface area contributed by atoms with E-state index in [1.54, 1.807) is 26.4 Å². The summed E-state index contributed by atoms with van der Waals surface area (Å²) in [6.07, 6.45) is 0. The molecule has 4 aromatic rings. The van der Waals surface area contributed by atoms with Crippen molar-refractivity contribution in [3.8, 4) is 11.5 Å². The summed E-state index contributed by atoms with van der Waals surface area (Å²) < 4.78 is 19.6. The van der Waals surface area contributed by atoms with Crippen LogP contribution in [-0.4, -0.2) is 24.7 Å². The highest BCUT2D eigenvalue weighted by atomic mass is 32.1. The van der Waals surface area contributed by atoms with Gasteiger partial charge in [-0.25, -0.2) is 0 Å². The molecule has 2 aromatic heterocycles. The second-order valence-electron chi connectivity index (χ2n) is 6.30. The molecule has 0 aliphatic carbocycles. The SMILES string of the molecule is CCn1c(=NC(=O)c2cc3cccc(OC)c3o2)sc2c(C)ccc(OC)c21. The minimum atomic E-state index is -0.427. The van der Waals surface area contributed by atoms with Gasteiger partial charge in [-0.15, -0.1) is 0 Å². The molecule has 0 saturated carbocycles. The molecule has 0 saturated heterocycles. The molecule has 7 heteroatoms. The van der Waals surface area contributed by atoms with Crippen molar-refractivity contribution in [3.05, 3.63) is 52.5 Å². The Bertz CT molecular complexity index is 1260. The second kappa shape index (κ2) is 7.16. The van der Waals surface area contributed by atoms with Crippen molar-refractivity contribution in [1.82, 2.24) is 4.57 Å². The van der Waals surface area contributed by atoms with Crippen molar-refractivity contribution in [2.75, 3.05) is 14.2 Å². The van der Waals surface area contributed by atoms with Gasteiger partial charge >= 0.3 is 5.91 Å². The first-order valence-electron chi connectivity index (χ1n) is 8.90. The number of hydrogen-bond acceptors (Lipinski definition) is 5. The zero-order valence-corrected chi connectivity index (χ0v) is 16.9. The summed E-state index contributed by atoms with van der Waals surface area (Å²) in [6.45, 7) is 4.72. The first kappa shape index (κ1) is 18.3. The molecule has 0 atom stereocenters. The lowest BCUT2D eigenvalue weighted by Crippen LogP contribution is -2.16. The van der Waals surface area contributed by atoms with E-state index in [1.807, 2.05) is 42.7 Å². The topological polar surface area (TPSA) is 66.0 Å². The number of carbonyl (C=O) groups excluding carboxylic acids is 1. The molecule has 0 bridgehead atoms. The Morgan fingerprint density at radius 1 is 1.18 bits per heavy atom. The smallest absolute Gasteiger partial charge is 0.315 e. The quantitative estimate of drug-likeness (QED) is 0.508. The molecule has 0 aliphatic rings. The third-order valence-corrected chi connectivity index (χ3v) is 5.87. The molecule has 0 fully saturated rings.